The average molecular weight is 507 g/mol. The molecule has 3 heteroatoms. The first-order valence-corrected chi connectivity index (χ1v) is 14.8. The Bertz CT molecular complexity index is 999. The fourth-order valence-electron chi connectivity index (χ4n) is 6.70. The number of hydrogen-bond donors (Lipinski definition) is 1. The molecule has 202 valence electrons. The smallest absolute Gasteiger partial charge is 0.131 e. The molecule has 0 aliphatic heterocycles. The van der Waals surface area contributed by atoms with Gasteiger partial charge < -0.3 is 9.84 Å². The van der Waals surface area contributed by atoms with Crippen molar-refractivity contribution in [2.75, 3.05) is 19.8 Å². The summed E-state index contributed by atoms with van der Waals surface area (Å²) < 4.78 is 21.1. The minimum Gasteiger partial charge on any atom is -0.396 e. The lowest BCUT2D eigenvalue weighted by Crippen LogP contribution is -2.23. The third kappa shape index (κ3) is 8.01. The molecule has 37 heavy (non-hydrogen) atoms. The van der Waals surface area contributed by atoms with Crippen LogP contribution in [0.5, 0.6) is 0 Å². The van der Waals surface area contributed by atoms with E-state index in [1.165, 1.54) is 74.5 Å². The van der Waals surface area contributed by atoms with Gasteiger partial charge in [-0.1, -0.05) is 74.6 Å². The maximum Gasteiger partial charge on any atom is 0.131 e. The van der Waals surface area contributed by atoms with E-state index >= 15 is 4.39 Å². The van der Waals surface area contributed by atoms with E-state index in [1.807, 2.05) is 25.1 Å². The third-order valence-electron chi connectivity index (χ3n) is 8.76. The topological polar surface area (TPSA) is 29.5 Å². The standard InChI is InChI=1S/C34H47FO2/c1-25(2)24-37-21-7-11-30-22-32(17-16-27(30)10-6-20-36)33-19-18-31(23-34(33)35)29-14-12-28(13-15-29)26-8-4-3-5-9-26/h16-19,22-23,26,28-29,36H,1,3-15,20-21,24H2,2H3. The fraction of sp³-hybridized carbons (Fsp3) is 0.588. The van der Waals surface area contributed by atoms with Gasteiger partial charge in [-0.05, 0) is 104 Å². The molecule has 0 amide bonds. The van der Waals surface area contributed by atoms with Crippen molar-refractivity contribution < 1.29 is 14.2 Å². The molecule has 2 nitrogen and oxygen atoms in total. The SMILES string of the molecule is C=C(C)COCCCc1cc(-c2ccc(C3CCC(C4CCCCC4)CC3)cc2F)ccc1CCCO. The van der Waals surface area contributed by atoms with Crippen LogP contribution in [0.25, 0.3) is 11.1 Å². The number of halogens is 1. The van der Waals surface area contributed by atoms with Gasteiger partial charge in [-0.2, -0.15) is 0 Å². The van der Waals surface area contributed by atoms with Crippen molar-refractivity contribution >= 4 is 0 Å². The highest BCUT2D eigenvalue weighted by Crippen LogP contribution is 2.43. The molecule has 0 radical (unpaired) electrons. The second-order valence-corrected chi connectivity index (χ2v) is 11.7. The summed E-state index contributed by atoms with van der Waals surface area (Å²) in [6.07, 6.45) is 15.5. The highest BCUT2D eigenvalue weighted by atomic mass is 19.1. The van der Waals surface area contributed by atoms with Crippen molar-refractivity contribution in [2.45, 2.75) is 96.3 Å². The van der Waals surface area contributed by atoms with E-state index in [4.69, 9.17) is 4.74 Å². The summed E-state index contributed by atoms with van der Waals surface area (Å²) in [6, 6.07) is 12.3. The van der Waals surface area contributed by atoms with Crippen LogP contribution in [0.15, 0.2) is 48.6 Å². The molecule has 2 aliphatic rings. The number of aryl methyl sites for hydroxylation is 2. The molecule has 0 saturated heterocycles. The van der Waals surface area contributed by atoms with Gasteiger partial charge in [0.1, 0.15) is 5.82 Å². The Labute approximate surface area is 224 Å². The number of hydrogen-bond acceptors (Lipinski definition) is 2. The van der Waals surface area contributed by atoms with Crippen LogP contribution in [0.4, 0.5) is 4.39 Å². The van der Waals surface area contributed by atoms with Crippen molar-refractivity contribution in [2.24, 2.45) is 11.8 Å². The number of rotatable bonds is 12. The van der Waals surface area contributed by atoms with Gasteiger partial charge in [0.2, 0.25) is 0 Å². The minimum absolute atomic E-state index is 0.106. The Morgan fingerprint density at radius 2 is 1.62 bits per heavy atom. The van der Waals surface area contributed by atoms with Gasteiger partial charge in [0, 0.05) is 18.8 Å². The van der Waals surface area contributed by atoms with Crippen LogP contribution in [0.3, 0.4) is 0 Å². The van der Waals surface area contributed by atoms with Gasteiger partial charge in [0.05, 0.1) is 6.61 Å². The molecule has 0 unspecified atom stereocenters. The Kier molecular flexibility index (Phi) is 10.8. The molecule has 2 aromatic carbocycles. The van der Waals surface area contributed by atoms with Gasteiger partial charge in [0.15, 0.2) is 0 Å². The lowest BCUT2D eigenvalue weighted by molar-refractivity contribution is 0.154. The third-order valence-corrected chi connectivity index (χ3v) is 8.76. The summed E-state index contributed by atoms with van der Waals surface area (Å²) in [4.78, 5) is 0. The minimum atomic E-state index is -0.106. The van der Waals surface area contributed by atoms with Gasteiger partial charge in [-0.3, -0.25) is 0 Å². The molecule has 2 aliphatic carbocycles. The van der Waals surface area contributed by atoms with E-state index in [0.29, 0.717) is 24.7 Å². The summed E-state index contributed by atoms with van der Waals surface area (Å²) in [5.41, 5.74) is 6.31. The van der Waals surface area contributed by atoms with Crippen molar-refractivity contribution in [1.82, 2.24) is 0 Å². The molecule has 0 spiro atoms. The van der Waals surface area contributed by atoms with E-state index in [0.717, 1.165) is 48.7 Å². The first-order valence-electron chi connectivity index (χ1n) is 14.8. The first-order chi connectivity index (χ1) is 18.0. The van der Waals surface area contributed by atoms with Crippen LogP contribution in [0.2, 0.25) is 0 Å². The van der Waals surface area contributed by atoms with Crippen molar-refractivity contribution in [1.29, 1.82) is 0 Å². The van der Waals surface area contributed by atoms with Crippen molar-refractivity contribution in [3.05, 3.63) is 71.1 Å². The molecule has 1 N–H and O–H groups in total. The molecular weight excluding hydrogens is 459 g/mol. The van der Waals surface area contributed by atoms with E-state index in [2.05, 4.69) is 24.8 Å². The van der Waals surface area contributed by atoms with Crippen LogP contribution in [-0.4, -0.2) is 24.9 Å². The van der Waals surface area contributed by atoms with Gasteiger partial charge in [-0.15, -0.1) is 0 Å². The largest absolute Gasteiger partial charge is 0.396 e. The Morgan fingerprint density at radius 3 is 2.32 bits per heavy atom. The number of aliphatic hydroxyl groups excluding tert-OH is 1. The second-order valence-electron chi connectivity index (χ2n) is 11.7. The predicted octanol–water partition coefficient (Wildman–Crippen LogP) is 8.80. The average Bonchev–Trinajstić information content (AvgIpc) is 2.92. The summed E-state index contributed by atoms with van der Waals surface area (Å²) in [6.45, 7) is 7.32. The maximum absolute atomic E-state index is 15.5. The maximum atomic E-state index is 15.5. The molecule has 0 atom stereocenters. The van der Waals surface area contributed by atoms with Crippen LogP contribution < -0.4 is 0 Å². The van der Waals surface area contributed by atoms with Gasteiger partial charge in [-0.25, -0.2) is 4.39 Å². The zero-order valence-corrected chi connectivity index (χ0v) is 23.0. The van der Waals surface area contributed by atoms with Crippen molar-refractivity contribution in [3.8, 4) is 11.1 Å². The molecule has 2 fully saturated rings. The van der Waals surface area contributed by atoms with Crippen LogP contribution in [-0.2, 0) is 17.6 Å². The molecule has 0 bridgehead atoms. The van der Waals surface area contributed by atoms with E-state index in [-0.39, 0.29) is 12.4 Å². The van der Waals surface area contributed by atoms with E-state index < -0.39 is 0 Å². The highest BCUT2D eigenvalue weighted by Gasteiger charge is 2.29. The Hall–Kier alpha value is -1.97. The molecule has 2 saturated carbocycles. The highest BCUT2D eigenvalue weighted by molar-refractivity contribution is 5.66. The van der Waals surface area contributed by atoms with Gasteiger partial charge >= 0.3 is 0 Å². The van der Waals surface area contributed by atoms with Crippen LogP contribution in [0, 0.1) is 17.7 Å². The van der Waals surface area contributed by atoms with Gasteiger partial charge in [0.25, 0.3) is 0 Å². The quantitative estimate of drug-likeness (QED) is 0.230. The normalized spacial score (nSPS) is 20.7. The molecule has 4 rings (SSSR count). The number of ether oxygens (including phenoxy) is 1. The number of aliphatic hydroxyl groups is 1. The van der Waals surface area contributed by atoms with E-state index in [9.17, 15) is 5.11 Å². The monoisotopic (exact) mass is 506 g/mol. The lowest BCUT2D eigenvalue weighted by atomic mass is 9.70. The van der Waals surface area contributed by atoms with Crippen LogP contribution in [0.1, 0.15) is 100 Å². The predicted molar refractivity (Wildman–Crippen MR) is 152 cm³/mol. The summed E-state index contributed by atoms with van der Waals surface area (Å²) >= 11 is 0. The van der Waals surface area contributed by atoms with E-state index in [1.54, 1.807) is 0 Å². The van der Waals surface area contributed by atoms with Crippen LogP contribution >= 0.6 is 0 Å². The Morgan fingerprint density at radius 1 is 0.892 bits per heavy atom. The molecular formula is C34H47FO2. The lowest BCUT2D eigenvalue weighted by Gasteiger charge is -2.36. The second kappa shape index (κ2) is 14.3. The fourth-order valence-corrected chi connectivity index (χ4v) is 6.70. The molecule has 0 aromatic heterocycles. The Balaban J connectivity index is 1.41. The summed E-state index contributed by atoms with van der Waals surface area (Å²) in [5, 5.41) is 9.32. The first kappa shape index (κ1) is 28.0. The molecule has 0 heterocycles. The summed E-state index contributed by atoms with van der Waals surface area (Å²) in [5.74, 6) is 2.24. The molecule has 2 aromatic rings. The van der Waals surface area contributed by atoms with Crippen molar-refractivity contribution in [3.63, 3.8) is 0 Å². The zero-order valence-electron chi connectivity index (χ0n) is 23.0. The summed E-state index contributed by atoms with van der Waals surface area (Å²) in [7, 11) is 0. The zero-order chi connectivity index (χ0) is 26.0. The number of benzene rings is 2.